The van der Waals surface area contributed by atoms with Crippen LogP contribution in [0.4, 0.5) is 11.4 Å². The number of nitrogens with one attached hydrogen (secondary N) is 2. The van der Waals surface area contributed by atoms with Gasteiger partial charge in [0.1, 0.15) is 16.8 Å². The Morgan fingerprint density at radius 1 is 1.22 bits per heavy atom. The van der Waals surface area contributed by atoms with E-state index < -0.39 is 0 Å². The van der Waals surface area contributed by atoms with E-state index in [0.717, 1.165) is 28.5 Å². The van der Waals surface area contributed by atoms with Crippen LogP contribution in [0.25, 0.3) is 11.0 Å². The zero-order valence-corrected chi connectivity index (χ0v) is 13.6. The highest BCUT2D eigenvalue weighted by Crippen LogP contribution is 2.25. The summed E-state index contributed by atoms with van der Waals surface area (Å²) >= 11 is 1.13. The molecule has 0 saturated carbocycles. The van der Waals surface area contributed by atoms with Crippen molar-refractivity contribution in [3.05, 3.63) is 42.0 Å². The van der Waals surface area contributed by atoms with Crippen molar-refractivity contribution in [2.24, 2.45) is 0 Å². The molecule has 0 atom stereocenters. The molecule has 2 N–H and O–H groups in total. The number of carbonyl (C=O) groups is 1. The lowest BCUT2D eigenvalue weighted by Gasteiger charge is -2.12. The van der Waals surface area contributed by atoms with Gasteiger partial charge in [0.2, 0.25) is 5.91 Å². The summed E-state index contributed by atoms with van der Waals surface area (Å²) in [5, 5.41) is 5.95. The van der Waals surface area contributed by atoms with Crippen molar-refractivity contribution in [3.8, 4) is 5.75 Å². The van der Waals surface area contributed by atoms with Crippen LogP contribution in [0.5, 0.6) is 5.75 Å². The van der Waals surface area contributed by atoms with Gasteiger partial charge in [-0.1, -0.05) is 12.1 Å². The number of aryl methyl sites for hydroxylation is 1. The lowest BCUT2D eigenvalue weighted by Crippen LogP contribution is -2.22. The summed E-state index contributed by atoms with van der Waals surface area (Å²) in [4.78, 5) is 12.2. The molecular formula is C16H16N4O2S. The predicted octanol–water partition coefficient (Wildman–Crippen LogP) is 3.06. The second-order valence-electron chi connectivity index (χ2n) is 5.04. The molecule has 0 aliphatic rings. The summed E-state index contributed by atoms with van der Waals surface area (Å²) in [7, 11) is 1.60. The second-order valence-corrected chi connectivity index (χ2v) is 5.57. The van der Waals surface area contributed by atoms with E-state index in [4.69, 9.17) is 4.74 Å². The highest BCUT2D eigenvalue weighted by molar-refractivity contribution is 7.00. The van der Waals surface area contributed by atoms with E-state index in [1.807, 2.05) is 43.3 Å². The summed E-state index contributed by atoms with van der Waals surface area (Å²) in [6.45, 7) is 2.12. The molecule has 6 nitrogen and oxygen atoms in total. The number of anilines is 2. The third-order valence-electron chi connectivity index (χ3n) is 3.35. The number of methoxy groups -OCH3 is 1. The SMILES string of the molecule is COc1ccc(C)cc1NCC(=O)Nc1cccc2nsnc12. The maximum atomic E-state index is 12.2. The highest BCUT2D eigenvalue weighted by atomic mass is 32.1. The fraction of sp³-hybridized carbons (Fsp3) is 0.188. The fourth-order valence-corrected chi connectivity index (χ4v) is 2.79. The molecule has 0 bridgehead atoms. The molecule has 0 fully saturated rings. The molecule has 7 heteroatoms. The van der Waals surface area contributed by atoms with Crippen LogP contribution in [-0.4, -0.2) is 28.3 Å². The molecule has 1 aromatic heterocycles. The molecule has 0 saturated heterocycles. The first-order valence-electron chi connectivity index (χ1n) is 7.07. The number of amides is 1. The van der Waals surface area contributed by atoms with Crippen LogP contribution < -0.4 is 15.4 Å². The molecular weight excluding hydrogens is 312 g/mol. The zero-order chi connectivity index (χ0) is 16.2. The van der Waals surface area contributed by atoms with Crippen molar-refractivity contribution in [2.75, 3.05) is 24.3 Å². The van der Waals surface area contributed by atoms with E-state index in [0.29, 0.717) is 17.0 Å². The van der Waals surface area contributed by atoms with E-state index in [1.165, 1.54) is 0 Å². The normalized spacial score (nSPS) is 10.5. The Labute approximate surface area is 137 Å². The van der Waals surface area contributed by atoms with Gasteiger partial charge < -0.3 is 15.4 Å². The minimum Gasteiger partial charge on any atom is -0.495 e. The number of carbonyl (C=O) groups excluding carboxylic acids is 1. The van der Waals surface area contributed by atoms with E-state index in [9.17, 15) is 4.79 Å². The van der Waals surface area contributed by atoms with Gasteiger partial charge >= 0.3 is 0 Å². The smallest absolute Gasteiger partial charge is 0.243 e. The van der Waals surface area contributed by atoms with E-state index >= 15 is 0 Å². The fourth-order valence-electron chi connectivity index (χ4n) is 2.24. The first kappa shape index (κ1) is 15.2. The minimum absolute atomic E-state index is 0.133. The number of fused-ring (bicyclic) bond motifs is 1. The third kappa shape index (κ3) is 3.40. The van der Waals surface area contributed by atoms with Crippen molar-refractivity contribution >= 4 is 40.0 Å². The van der Waals surface area contributed by atoms with E-state index in [1.54, 1.807) is 7.11 Å². The first-order chi connectivity index (χ1) is 11.2. The van der Waals surface area contributed by atoms with Gasteiger partial charge in [0.25, 0.3) is 0 Å². The molecule has 23 heavy (non-hydrogen) atoms. The zero-order valence-electron chi connectivity index (χ0n) is 12.8. The van der Waals surface area contributed by atoms with Crippen molar-refractivity contribution in [2.45, 2.75) is 6.92 Å². The van der Waals surface area contributed by atoms with Crippen LogP contribution >= 0.6 is 11.7 Å². The standard InChI is InChI=1S/C16H16N4O2S/c1-10-6-7-14(22-2)13(8-10)17-9-15(21)18-11-4-3-5-12-16(11)20-23-19-12/h3-8,17H,9H2,1-2H3,(H,18,21). The van der Waals surface area contributed by atoms with Gasteiger partial charge in [0.05, 0.1) is 36.8 Å². The second kappa shape index (κ2) is 6.62. The summed E-state index contributed by atoms with van der Waals surface area (Å²) in [6.07, 6.45) is 0. The number of rotatable bonds is 5. The summed E-state index contributed by atoms with van der Waals surface area (Å²) < 4.78 is 13.7. The van der Waals surface area contributed by atoms with Crippen LogP contribution in [0.15, 0.2) is 36.4 Å². The molecule has 0 spiro atoms. The summed E-state index contributed by atoms with van der Waals surface area (Å²) in [5.74, 6) is 0.545. The Kier molecular flexibility index (Phi) is 4.38. The highest BCUT2D eigenvalue weighted by Gasteiger charge is 2.10. The van der Waals surface area contributed by atoms with Gasteiger partial charge in [-0.05, 0) is 36.8 Å². The monoisotopic (exact) mass is 328 g/mol. The Bertz CT molecular complexity index is 847. The summed E-state index contributed by atoms with van der Waals surface area (Å²) in [6, 6.07) is 11.3. The molecule has 3 aromatic rings. The number of hydrogen-bond acceptors (Lipinski definition) is 6. The van der Waals surface area contributed by atoms with E-state index in [-0.39, 0.29) is 12.5 Å². The molecule has 0 unspecified atom stereocenters. The van der Waals surface area contributed by atoms with Crippen LogP contribution in [0.1, 0.15) is 5.56 Å². The average Bonchev–Trinajstić information content (AvgIpc) is 3.03. The number of nitrogens with zero attached hydrogens (tertiary/aromatic N) is 2. The number of hydrogen-bond donors (Lipinski definition) is 2. The van der Waals surface area contributed by atoms with Gasteiger partial charge in [0, 0.05) is 0 Å². The molecule has 1 heterocycles. The molecule has 0 aliphatic carbocycles. The van der Waals surface area contributed by atoms with Gasteiger partial charge in [0.15, 0.2) is 0 Å². The quantitative estimate of drug-likeness (QED) is 0.753. The lowest BCUT2D eigenvalue weighted by molar-refractivity contribution is -0.114. The minimum atomic E-state index is -0.158. The number of benzene rings is 2. The van der Waals surface area contributed by atoms with Crippen molar-refractivity contribution in [3.63, 3.8) is 0 Å². The summed E-state index contributed by atoms with van der Waals surface area (Å²) in [5.41, 5.74) is 4.03. The number of ether oxygens (including phenoxy) is 1. The number of aromatic nitrogens is 2. The molecule has 118 valence electrons. The predicted molar refractivity (Wildman–Crippen MR) is 92.3 cm³/mol. The van der Waals surface area contributed by atoms with E-state index in [2.05, 4.69) is 19.4 Å². The van der Waals surface area contributed by atoms with Gasteiger partial charge in [-0.3, -0.25) is 4.79 Å². The van der Waals surface area contributed by atoms with Crippen molar-refractivity contribution in [1.82, 2.24) is 8.75 Å². The Morgan fingerprint density at radius 3 is 2.91 bits per heavy atom. The molecule has 0 radical (unpaired) electrons. The average molecular weight is 328 g/mol. The Hall–Kier alpha value is -2.67. The molecule has 0 aliphatic heterocycles. The molecule has 3 rings (SSSR count). The van der Waals surface area contributed by atoms with Crippen LogP contribution in [0.2, 0.25) is 0 Å². The molecule has 2 aromatic carbocycles. The van der Waals surface area contributed by atoms with Gasteiger partial charge in [-0.15, -0.1) is 0 Å². The maximum absolute atomic E-state index is 12.2. The largest absolute Gasteiger partial charge is 0.495 e. The maximum Gasteiger partial charge on any atom is 0.243 e. The third-order valence-corrected chi connectivity index (χ3v) is 3.90. The van der Waals surface area contributed by atoms with Gasteiger partial charge in [-0.25, -0.2) is 0 Å². The lowest BCUT2D eigenvalue weighted by atomic mass is 10.2. The van der Waals surface area contributed by atoms with Crippen molar-refractivity contribution in [1.29, 1.82) is 0 Å². The molecule has 1 amide bonds. The van der Waals surface area contributed by atoms with Crippen molar-refractivity contribution < 1.29 is 9.53 Å². The Morgan fingerprint density at radius 2 is 2.09 bits per heavy atom. The Balaban J connectivity index is 1.68. The first-order valence-corrected chi connectivity index (χ1v) is 7.80. The van der Waals surface area contributed by atoms with Crippen LogP contribution in [0.3, 0.4) is 0 Å². The van der Waals surface area contributed by atoms with Gasteiger partial charge in [-0.2, -0.15) is 8.75 Å². The van der Waals surface area contributed by atoms with Crippen LogP contribution in [-0.2, 0) is 4.79 Å². The van der Waals surface area contributed by atoms with Crippen LogP contribution in [0, 0.1) is 6.92 Å². The topological polar surface area (TPSA) is 76.1 Å².